The van der Waals surface area contributed by atoms with E-state index in [9.17, 15) is 9.59 Å². The van der Waals surface area contributed by atoms with Crippen LogP contribution < -0.4 is 25.4 Å². The number of ether oxygens (including phenoxy) is 2. The van der Waals surface area contributed by atoms with Crippen LogP contribution in [0.1, 0.15) is 32.1 Å². The maximum absolute atomic E-state index is 13.1. The molecular weight excluding hydrogens is 382 g/mol. The molecule has 0 spiro atoms. The average Bonchev–Trinajstić information content (AvgIpc) is 2.79. The lowest BCUT2D eigenvalue weighted by Crippen LogP contribution is -2.54. The van der Waals surface area contributed by atoms with Crippen LogP contribution in [0, 0.1) is 0 Å². The Morgan fingerprint density at radius 3 is 1.90 bits per heavy atom. The molecule has 1 fully saturated rings. The van der Waals surface area contributed by atoms with Gasteiger partial charge in [0, 0.05) is 11.4 Å². The summed E-state index contributed by atoms with van der Waals surface area (Å²) in [6, 6.07) is 14.6. The minimum atomic E-state index is -0.715. The summed E-state index contributed by atoms with van der Waals surface area (Å²) in [4.78, 5) is 25.4. The highest BCUT2D eigenvalue weighted by atomic mass is 16.5. The first-order valence-electron chi connectivity index (χ1n) is 10.2. The molecule has 0 aromatic heterocycles. The second-order valence-electron chi connectivity index (χ2n) is 7.46. The third kappa shape index (κ3) is 5.43. The molecule has 0 radical (unpaired) electrons. The van der Waals surface area contributed by atoms with Crippen molar-refractivity contribution in [2.45, 2.75) is 37.6 Å². The number of benzene rings is 2. The van der Waals surface area contributed by atoms with Gasteiger partial charge in [0.25, 0.3) is 0 Å². The molecule has 0 aliphatic heterocycles. The van der Waals surface area contributed by atoms with E-state index in [-0.39, 0.29) is 18.4 Å². The lowest BCUT2D eigenvalue weighted by molar-refractivity contribution is -0.128. The minimum Gasteiger partial charge on any atom is -0.497 e. The van der Waals surface area contributed by atoms with E-state index >= 15 is 0 Å². The van der Waals surface area contributed by atoms with Crippen molar-refractivity contribution in [1.82, 2.24) is 5.32 Å². The largest absolute Gasteiger partial charge is 0.497 e. The summed E-state index contributed by atoms with van der Waals surface area (Å²) in [6.45, 7) is -0.0864. The van der Waals surface area contributed by atoms with E-state index in [1.807, 2.05) is 24.3 Å². The second kappa shape index (κ2) is 10.0. The van der Waals surface area contributed by atoms with Gasteiger partial charge in [-0.15, -0.1) is 0 Å². The highest BCUT2D eigenvalue weighted by molar-refractivity contribution is 5.97. The van der Waals surface area contributed by atoms with Crippen LogP contribution in [0.25, 0.3) is 0 Å². The molecule has 0 saturated heterocycles. The zero-order chi connectivity index (χ0) is 21.4. The van der Waals surface area contributed by atoms with Crippen molar-refractivity contribution >= 4 is 23.2 Å². The van der Waals surface area contributed by atoms with Gasteiger partial charge in [0.2, 0.25) is 11.8 Å². The Morgan fingerprint density at radius 1 is 0.833 bits per heavy atom. The summed E-state index contributed by atoms with van der Waals surface area (Å²) in [5, 5.41) is 9.02. The van der Waals surface area contributed by atoms with Crippen LogP contribution in [-0.4, -0.2) is 38.1 Å². The molecule has 160 valence electrons. The summed E-state index contributed by atoms with van der Waals surface area (Å²) in [6.07, 6.45) is 4.50. The van der Waals surface area contributed by atoms with Gasteiger partial charge in [-0.1, -0.05) is 19.3 Å². The lowest BCUT2D eigenvalue weighted by Gasteiger charge is -2.37. The first-order valence-corrected chi connectivity index (χ1v) is 10.2. The molecule has 2 aromatic carbocycles. The maximum Gasteiger partial charge on any atom is 0.246 e. The number of rotatable bonds is 8. The Hall–Kier alpha value is -3.22. The van der Waals surface area contributed by atoms with Crippen molar-refractivity contribution in [3.8, 4) is 11.5 Å². The number of hydrogen-bond acceptors (Lipinski definition) is 5. The smallest absolute Gasteiger partial charge is 0.246 e. The molecule has 3 N–H and O–H groups in total. The summed E-state index contributed by atoms with van der Waals surface area (Å²) in [5.74, 6) is 1.05. The fourth-order valence-corrected chi connectivity index (χ4v) is 3.72. The summed E-state index contributed by atoms with van der Waals surface area (Å²) in [7, 11) is 3.21. The molecule has 1 saturated carbocycles. The Labute approximate surface area is 177 Å². The van der Waals surface area contributed by atoms with Crippen molar-refractivity contribution < 1.29 is 19.1 Å². The molecule has 0 unspecified atom stereocenters. The zero-order valence-electron chi connectivity index (χ0n) is 17.5. The first-order chi connectivity index (χ1) is 14.5. The maximum atomic E-state index is 13.1. The van der Waals surface area contributed by atoms with Crippen LogP contribution in [0.4, 0.5) is 11.4 Å². The van der Waals surface area contributed by atoms with E-state index < -0.39 is 5.54 Å². The predicted octanol–water partition coefficient (Wildman–Crippen LogP) is 3.57. The van der Waals surface area contributed by atoms with Crippen molar-refractivity contribution in [2.24, 2.45) is 0 Å². The number of nitrogens with one attached hydrogen (secondary N) is 3. The number of hydrogen-bond donors (Lipinski definition) is 3. The second-order valence-corrected chi connectivity index (χ2v) is 7.46. The van der Waals surface area contributed by atoms with E-state index in [0.717, 1.165) is 43.5 Å². The first kappa shape index (κ1) is 21.5. The fraction of sp³-hybridized carbons (Fsp3) is 0.391. The average molecular weight is 412 g/mol. The van der Waals surface area contributed by atoms with E-state index in [2.05, 4.69) is 16.0 Å². The van der Waals surface area contributed by atoms with Crippen LogP contribution in [0.2, 0.25) is 0 Å². The van der Waals surface area contributed by atoms with Gasteiger partial charge in [-0.05, 0) is 61.4 Å². The monoisotopic (exact) mass is 411 g/mol. The molecule has 1 aliphatic carbocycles. The molecule has 7 nitrogen and oxygen atoms in total. The van der Waals surface area contributed by atoms with E-state index in [4.69, 9.17) is 9.47 Å². The Morgan fingerprint density at radius 2 is 1.37 bits per heavy atom. The van der Waals surface area contributed by atoms with Gasteiger partial charge >= 0.3 is 0 Å². The topological polar surface area (TPSA) is 88.7 Å². The highest BCUT2D eigenvalue weighted by Gasteiger charge is 2.39. The summed E-state index contributed by atoms with van der Waals surface area (Å²) >= 11 is 0. The van der Waals surface area contributed by atoms with E-state index in [0.29, 0.717) is 11.4 Å². The Balaban J connectivity index is 1.60. The van der Waals surface area contributed by atoms with Gasteiger partial charge < -0.3 is 25.4 Å². The normalized spacial score (nSPS) is 15.0. The minimum absolute atomic E-state index is 0.0864. The molecule has 30 heavy (non-hydrogen) atoms. The van der Waals surface area contributed by atoms with Crippen LogP contribution >= 0.6 is 0 Å². The lowest BCUT2D eigenvalue weighted by atomic mass is 9.80. The molecule has 3 rings (SSSR count). The highest BCUT2D eigenvalue weighted by Crippen LogP contribution is 2.32. The van der Waals surface area contributed by atoms with Crippen molar-refractivity contribution in [3.05, 3.63) is 48.5 Å². The summed E-state index contributed by atoms with van der Waals surface area (Å²) in [5.41, 5.74) is 0.794. The van der Waals surface area contributed by atoms with Gasteiger partial charge in [0.15, 0.2) is 0 Å². The van der Waals surface area contributed by atoms with E-state index in [1.54, 1.807) is 38.5 Å². The predicted molar refractivity (Wildman–Crippen MR) is 117 cm³/mol. The van der Waals surface area contributed by atoms with Crippen LogP contribution in [0.3, 0.4) is 0 Å². The van der Waals surface area contributed by atoms with E-state index in [1.165, 1.54) is 0 Å². The van der Waals surface area contributed by atoms with Crippen molar-refractivity contribution in [2.75, 3.05) is 31.4 Å². The molecule has 1 aliphatic rings. The van der Waals surface area contributed by atoms with Gasteiger partial charge in [-0.25, -0.2) is 0 Å². The zero-order valence-corrected chi connectivity index (χ0v) is 17.5. The number of amides is 2. The quantitative estimate of drug-likeness (QED) is 0.618. The van der Waals surface area contributed by atoms with Gasteiger partial charge in [0.1, 0.15) is 17.0 Å². The third-order valence-electron chi connectivity index (χ3n) is 5.40. The number of carbonyl (C=O) groups excluding carboxylic acids is 2. The standard InChI is InChI=1S/C23H29N3O4/c1-29-19-10-6-17(7-11-19)25-21(27)16-24-22(28)23(14-4-3-5-15-23)26-18-8-12-20(30-2)13-9-18/h6-13,26H,3-5,14-16H2,1-2H3,(H,24,28)(H,25,27). The summed E-state index contributed by atoms with van der Waals surface area (Å²) < 4.78 is 10.3. The van der Waals surface area contributed by atoms with Gasteiger partial charge in [-0.2, -0.15) is 0 Å². The molecule has 7 heteroatoms. The number of anilines is 2. The van der Waals surface area contributed by atoms with Gasteiger partial charge in [0.05, 0.1) is 20.8 Å². The van der Waals surface area contributed by atoms with Crippen molar-refractivity contribution in [1.29, 1.82) is 0 Å². The Bertz CT molecular complexity index is 844. The molecule has 2 aromatic rings. The molecule has 2 amide bonds. The van der Waals surface area contributed by atoms with Crippen LogP contribution in [-0.2, 0) is 9.59 Å². The van der Waals surface area contributed by atoms with Crippen LogP contribution in [0.15, 0.2) is 48.5 Å². The SMILES string of the molecule is COc1ccc(NC(=O)CNC(=O)C2(Nc3ccc(OC)cc3)CCCCC2)cc1. The number of methoxy groups -OCH3 is 2. The third-order valence-corrected chi connectivity index (χ3v) is 5.40. The molecular formula is C23H29N3O4. The van der Waals surface area contributed by atoms with Crippen LogP contribution in [0.5, 0.6) is 11.5 Å². The fourth-order valence-electron chi connectivity index (χ4n) is 3.72. The number of carbonyl (C=O) groups is 2. The molecule has 0 bridgehead atoms. The molecule has 0 atom stereocenters. The molecule has 0 heterocycles. The Kier molecular flexibility index (Phi) is 7.17. The van der Waals surface area contributed by atoms with Crippen molar-refractivity contribution in [3.63, 3.8) is 0 Å². The van der Waals surface area contributed by atoms with Gasteiger partial charge in [-0.3, -0.25) is 9.59 Å².